The number of carbonyl (C=O) groups excluding carboxylic acids is 1. The largest absolute Gasteiger partial charge is 0.339 e. The molecule has 80 valence electrons. The minimum absolute atomic E-state index is 0.121. The first-order valence-corrected chi connectivity index (χ1v) is 5.83. The number of likely N-dealkylation sites (tertiary alicyclic amines) is 1. The number of carbonyl (C=O) groups is 1. The van der Waals surface area contributed by atoms with Gasteiger partial charge in [-0.2, -0.15) is 0 Å². The van der Waals surface area contributed by atoms with Gasteiger partial charge in [0.2, 0.25) is 5.91 Å². The number of piperidine rings is 1. The molecule has 2 atom stereocenters. The Hall–Kier alpha value is -0.570. The molecular weight excluding hydrogens is 176 g/mol. The normalized spacial score (nSPS) is 33.4. The predicted octanol–water partition coefficient (Wildman–Crippen LogP) is 1.14. The van der Waals surface area contributed by atoms with Gasteiger partial charge < -0.3 is 10.2 Å². The third-order valence-corrected chi connectivity index (χ3v) is 3.44. The quantitative estimate of drug-likeness (QED) is 0.682. The van der Waals surface area contributed by atoms with Gasteiger partial charge in [0.25, 0.3) is 0 Å². The molecule has 1 amide bonds. The van der Waals surface area contributed by atoms with Crippen LogP contribution >= 0.6 is 0 Å². The third kappa shape index (κ3) is 1.92. The molecule has 2 fully saturated rings. The Morgan fingerprint density at radius 2 is 2.14 bits per heavy atom. The summed E-state index contributed by atoms with van der Waals surface area (Å²) in [6.45, 7) is 4.16. The second-order valence-corrected chi connectivity index (χ2v) is 4.53. The van der Waals surface area contributed by atoms with Crippen LogP contribution in [0.5, 0.6) is 0 Å². The van der Waals surface area contributed by atoms with E-state index in [0.717, 1.165) is 25.9 Å². The van der Waals surface area contributed by atoms with Crippen molar-refractivity contribution < 1.29 is 4.79 Å². The Labute approximate surface area is 85.8 Å². The number of hydrogen-bond donors (Lipinski definition) is 1. The zero-order valence-corrected chi connectivity index (χ0v) is 8.96. The molecule has 0 unspecified atom stereocenters. The average Bonchev–Trinajstić information content (AvgIpc) is 2.70. The summed E-state index contributed by atoms with van der Waals surface area (Å²) in [5.41, 5.74) is 0. The topological polar surface area (TPSA) is 32.3 Å². The van der Waals surface area contributed by atoms with E-state index in [1.807, 2.05) is 0 Å². The van der Waals surface area contributed by atoms with E-state index in [9.17, 15) is 4.79 Å². The molecular formula is C11H20N2O. The van der Waals surface area contributed by atoms with Gasteiger partial charge in [0.15, 0.2) is 0 Å². The number of hydrogen-bond acceptors (Lipinski definition) is 2. The Morgan fingerprint density at radius 3 is 2.79 bits per heavy atom. The second kappa shape index (κ2) is 4.30. The first-order valence-electron chi connectivity index (χ1n) is 5.83. The number of nitrogens with zero attached hydrogens (tertiary/aromatic N) is 1. The van der Waals surface area contributed by atoms with Gasteiger partial charge in [-0.1, -0.05) is 0 Å². The van der Waals surface area contributed by atoms with Gasteiger partial charge in [-0.15, -0.1) is 0 Å². The zero-order valence-electron chi connectivity index (χ0n) is 8.96. The zero-order chi connectivity index (χ0) is 9.97. The van der Waals surface area contributed by atoms with Crippen molar-refractivity contribution >= 4 is 5.91 Å². The molecule has 2 saturated heterocycles. The van der Waals surface area contributed by atoms with Crippen LogP contribution in [0.4, 0.5) is 0 Å². The standard InChI is InChI=1S/C11H20N2O/c1-9-5-2-3-8-13(9)11(14)10-6-4-7-12-10/h9-10,12H,2-8H2,1H3/t9-,10-/m0/s1. The van der Waals surface area contributed by atoms with Crippen LogP contribution in [0.2, 0.25) is 0 Å². The lowest BCUT2D eigenvalue weighted by molar-refractivity contribution is -0.136. The maximum Gasteiger partial charge on any atom is 0.239 e. The summed E-state index contributed by atoms with van der Waals surface area (Å²) in [7, 11) is 0. The molecule has 14 heavy (non-hydrogen) atoms. The molecule has 0 radical (unpaired) electrons. The maximum absolute atomic E-state index is 12.1. The average molecular weight is 196 g/mol. The van der Waals surface area contributed by atoms with Gasteiger partial charge in [-0.3, -0.25) is 4.79 Å². The molecule has 0 spiro atoms. The van der Waals surface area contributed by atoms with Crippen LogP contribution in [0, 0.1) is 0 Å². The third-order valence-electron chi connectivity index (χ3n) is 3.44. The van der Waals surface area contributed by atoms with Crippen LogP contribution in [-0.4, -0.2) is 36.0 Å². The summed E-state index contributed by atoms with van der Waals surface area (Å²) in [6, 6.07) is 0.578. The van der Waals surface area contributed by atoms with E-state index in [1.165, 1.54) is 19.3 Å². The van der Waals surface area contributed by atoms with Gasteiger partial charge in [0, 0.05) is 12.6 Å². The van der Waals surface area contributed by atoms with Crippen LogP contribution < -0.4 is 5.32 Å². The molecule has 0 aromatic rings. The van der Waals surface area contributed by atoms with Crippen molar-refractivity contribution in [1.29, 1.82) is 0 Å². The fourth-order valence-electron chi connectivity index (χ4n) is 2.52. The van der Waals surface area contributed by atoms with Crippen LogP contribution in [0.1, 0.15) is 39.0 Å². The molecule has 3 nitrogen and oxygen atoms in total. The SMILES string of the molecule is C[C@H]1CCCCN1C(=O)[C@@H]1CCCN1. The number of amides is 1. The molecule has 2 heterocycles. The van der Waals surface area contributed by atoms with Crippen LogP contribution in [-0.2, 0) is 4.79 Å². The fraction of sp³-hybridized carbons (Fsp3) is 0.909. The number of rotatable bonds is 1. The van der Waals surface area contributed by atoms with Gasteiger partial charge in [0.05, 0.1) is 6.04 Å². The predicted molar refractivity (Wildman–Crippen MR) is 56.1 cm³/mol. The van der Waals surface area contributed by atoms with E-state index in [4.69, 9.17) is 0 Å². The lowest BCUT2D eigenvalue weighted by Crippen LogP contribution is -2.49. The molecule has 3 heteroatoms. The van der Waals surface area contributed by atoms with Crippen molar-refractivity contribution in [1.82, 2.24) is 10.2 Å². The summed E-state index contributed by atoms with van der Waals surface area (Å²) in [5, 5.41) is 3.28. The summed E-state index contributed by atoms with van der Waals surface area (Å²) in [5.74, 6) is 0.342. The van der Waals surface area contributed by atoms with Gasteiger partial charge in [-0.05, 0) is 45.6 Å². The first kappa shape index (κ1) is 9.97. The van der Waals surface area contributed by atoms with E-state index >= 15 is 0 Å². The molecule has 1 N–H and O–H groups in total. The minimum atomic E-state index is 0.121. The van der Waals surface area contributed by atoms with Crippen molar-refractivity contribution in [2.24, 2.45) is 0 Å². The van der Waals surface area contributed by atoms with Gasteiger partial charge in [0.1, 0.15) is 0 Å². The molecule has 0 aromatic carbocycles. The van der Waals surface area contributed by atoms with Crippen LogP contribution in [0.15, 0.2) is 0 Å². The summed E-state index contributed by atoms with van der Waals surface area (Å²) >= 11 is 0. The summed E-state index contributed by atoms with van der Waals surface area (Å²) in [4.78, 5) is 14.2. The highest BCUT2D eigenvalue weighted by molar-refractivity contribution is 5.82. The van der Waals surface area contributed by atoms with Crippen molar-refractivity contribution in [3.05, 3.63) is 0 Å². The lowest BCUT2D eigenvalue weighted by atomic mass is 10.0. The molecule has 0 bridgehead atoms. The fourth-order valence-corrected chi connectivity index (χ4v) is 2.52. The smallest absolute Gasteiger partial charge is 0.239 e. The second-order valence-electron chi connectivity index (χ2n) is 4.53. The Balaban J connectivity index is 1.94. The Kier molecular flexibility index (Phi) is 3.06. The summed E-state index contributed by atoms with van der Waals surface area (Å²) in [6.07, 6.45) is 5.82. The van der Waals surface area contributed by atoms with Crippen molar-refractivity contribution in [2.45, 2.75) is 51.1 Å². The van der Waals surface area contributed by atoms with E-state index < -0.39 is 0 Å². The maximum atomic E-state index is 12.1. The highest BCUT2D eigenvalue weighted by Crippen LogP contribution is 2.19. The number of nitrogens with one attached hydrogen (secondary N) is 1. The van der Waals surface area contributed by atoms with Gasteiger partial charge in [-0.25, -0.2) is 0 Å². The lowest BCUT2D eigenvalue weighted by Gasteiger charge is -2.35. The van der Waals surface area contributed by atoms with Crippen LogP contribution in [0.3, 0.4) is 0 Å². The van der Waals surface area contributed by atoms with Crippen molar-refractivity contribution in [3.63, 3.8) is 0 Å². The monoisotopic (exact) mass is 196 g/mol. The van der Waals surface area contributed by atoms with Crippen molar-refractivity contribution in [3.8, 4) is 0 Å². The first-order chi connectivity index (χ1) is 6.79. The molecule has 0 aliphatic carbocycles. The van der Waals surface area contributed by atoms with E-state index in [0.29, 0.717) is 11.9 Å². The Morgan fingerprint density at radius 1 is 1.29 bits per heavy atom. The molecule has 0 saturated carbocycles. The highest BCUT2D eigenvalue weighted by Gasteiger charge is 2.30. The molecule has 2 rings (SSSR count). The molecule has 0 aromatic heterocycles. The molecule has 2 aliphatic rings. The van der Waals surface area contributed by atoms with Crippen LogP contribution in [0.25, 0.3) is 0 Å². The van der Waals surface area contributed by atoms with Gasteiger partial charge >= 0.3 is 0 Å². The van der Waals surface area contributed by atoms with E-state index in [1.54, 1.807) is 0 Å². The van der Waals surface area contributed by atoms with E-state index in [-0.39, 0.29) is 6.04 Å². The minimum Gasteiger partial charge on any atom is -0.339 e. The molecule has 2 aliphatic heterocycles. The van der Waals surface area contributed by atoms with E-state index in [2.05, 4.69) is 17.1 Å². The van der Waals surface area contributed by atoms with Crippen molar-refractivity contribution in [2.75, 3.05) is 13.1 Å². The highest BCUT2D eigenvalue weighted by atomic mass is 16.2. The Bertz CT molecular complexity index is 211. The summed E-state index contributed by atoms with van der Waals surface area (Å²) < 4.78 is 0.